The standard InChI is InChI=1S/C11H14N4OS/c1-5-7(8(12)17-15-5)10-13-9(14-16-10)6-4-11(6,2)3/h6H,4,12H2,1-3H3. The Hall–Kier alpha value is -1.43. The maximum Gasteiger partial charge on any atom is 0.262 e. The van der Waals surface area contributed by atoms with Crippen LogP contribution in [0.2, 0.25) is 0 Å². The fourth-order valence-corrected chi connectivity index (χ4v) is 2.69. The van der Waals surface area contributed by atoms with Crippen LogP contribution in [0.25, 0.3) is 11.5 Å². The largest absolute Gasteiger partial charge is 0.389 e. The molecule has 17 heavy (non-hydrogen) atoms. The molecule has 0 saturated heterocycles. The first-order valence-corrected chi connectivity index (χ1v) is 6.32. The molecule has 0 aliphatic heterocycles. The van der Waals surface area contributed by atoms with Gasteiger partial charge in [0.25, 0.3) is 5.89 Å². The molecule has 2 heterocycles. The third kappa shape index (κ3) is 1.63. The molecule has 1 atom stereocenters. The SMILES string of the molecule is Cc1nsc(N)c1-c1nc(C2CC2(C)C)no1. The molecule has 2 N–H and O–H groups in total. The smallest absolute Gasteiger partial charge is 0.262 e. The predicted octanol–water partition coefficient (Wildman–Crippen LogP) is 2.60. The summed E-state index contributed by atoms with van der Waals surface area (Å²) < 4.78 is 9.47. The molecule has 1 aliphatic rings. The van der Waals surface area contributed by atoms with Crippen LogP contribution in [0.15, 0.2) is 4.52 Å². The lowest BCUT2D eigenvalue weighted by molar-refractivity contribution is 0.419. The first kappa shape index (κ1) is 10.7. The van der Waals surface area contributed by atoms with Crippen molar-refractivity contribution >= 4 is 16.5 Å². The molecule has 1 fully saturated rings. The Morgan fingerprint density at radius 2 is 2.18 bits per heavy atom. The highest BCUT2D eigenvalue weighted by atomic mass is 32.1. The lowest BCUT2D eigenvalue weighted by Crippen LogP contribution is -1.92. The van der Waals surface area contributed by atoms with Crippen LogP contribution >= 0.6 is 11.5 Å². The molecule has 0 radical (unpaired) electrons. The average molecular weight is 250 g/mol. The average Bonchev–Trinajstić information content (AvgIpc) is 2.66. The van der Waals surface area contributed by atoms with E-state index >= 15 is 0 Å². The summed E-state index contributed by atoms with van der Waals surface area (Å²) in [6, 6.07) is 0. The van der Waals surface area contributed by atoms with Crippen molar-refractivity contribution in [2.24, 2.45) is 5.41 Å². The Balaban J connectivity index is 1.96. The van der Waals surface area contributed by atoms with Gasteiger partial charge >= 0.3 is 0 Å². The van der Waals surface area contributed by atoms with Crippen LogP contribution in [-0.4, -0.2) is 14.5 Å². The van der Waals surface area contributed by atoms with E-state index in [2.05, 4.69) is 28.4 Å². The van der Waals surface area contributed by atoms with Crippen LogP contribution in [0.4, 0.5) is 5.00 Å². The van der Waals surface area contributed by atoms with E-state index in [0.717, 1.165) is 23.5 Å². The van der Waals surface area contributed by atoms with Gasteiger partial charge in [-0.1, -0.05) is 19.0 Å². The maximum absolute atomic E-state index is 5.86. The third-order valence-corrected chi connectivity index (χ3v) is 4.14. The van der Waals surface area contributed by atoms with Gasteiger partial charge in [-0.05, 0) is 30.3 Å². The highest BCUT2D eigenvalue weighted by molar-refractivity contribution is 7.10. The molecule has 2 aromatic heterocycles. The number of hydrogen-bond donors (Lipinski definition) is 1. The second-order valence-electron chi connectivity index (χ2n) is 5.21. The van der Waals surface area contributed by atoms with Gasteiger partial charge in [-0.25, -0.2) is 0 Å². The van der Waals surface area contributed by atoms with Crippen molar-refractivity contribution in [3.63, 3.8) is 0 Å². The molecule has 0 aromatic carbocycles. The van der Waals surface area contributed by atoms with Gasteiger partial charge < -0.3 is 10.3 Å². The Morgan fingerprint density at radius 3 is 2.71 bits per heavy atom. The number of hydrogen-bond acceptors (Lipinski definition) is 6. The maximum atomic E-state index is 5.86. The molecule has 1 unspecified atom stereocenters. The molecule has 5 nitrogen and oxygen atoms in total. The molecule has 1 aliphatic carbocycles. The van der Waals surface area contributed by atoms with E-state index in [0.29, 0.717) is 22.2 Å². The fraction of sp³-hybridized carbons (Fsp3) is 0.545. The summed E-state index contributed by atoms with van der Waals surface area (Å²) in [5, 5.41) is 4.68. The van der Waals surface area contributed by atoms with Gasteiger partial charge in [0.2, 0.25) is 0 Å². The van der Waals surface area contributed by atoms with Gasteiger partial charge in [-0.2, -0.15) is 9.36 Å². The minimum absolute atomic E-state index is 0.300. The number of nitrogens with zero attached hydrogens (tertiary/aromatic N) is 3. The van der Waals surface area contributed by atoms with Gasteiger partial charge in [0.1, 0.15) is 5.00 Å². The van der Waals surface area contributed by atoms with Gasteiger partial charge in [-0.15, -0.1) is 0 Å². The molecule has 0 spiro atoms. The van der Waals surface area contributed by atoms with Crippen LogP contribution in [0, 0.1) is 12.3 Å². The van der Waals surface area contributed by atoms with Crippen molar-refractivity contribution in [3.05, 3.63) is 11.5 Å². The summed E-state index contributed by atoms with van der Waals surface area (Å²) in [6.07, 6.45) is 1.11. The molecule has 3 rings (SSSR count). The lowest BCUT2D eigenvalue weighted by atomic mass is 10.1. The number of rotatable bonds is 2. The highest BCUT2D eigenvalue weighted by Gasteiger charge is 2.49. The quantitative estimate of drug-likeness (QED) is 0.886. The molecule has 90 valence electrons. The number of aromatic nitrogens is 3. The predicted molar refractivity (Wildman–Crippen MR) is 65.7 cm³/mol. The minimum Gasteiger partial charge on any atom is -0.389 e. The van der Waals surface area contributed by atoms with Crippen LogP contribution < -0.4 is 5.73 Å². The van der Waals surface area contributed by atoms with Crippen LogP contribution in [0.3, 0.4) is 0 Å². The van der Waals surface area contributed by atoms with Crippen LogP contribution in [0.1, 0.15) is 37.7 Å². The van der Waals surface area contributed by atoms with Crippen LogP contribution in [0.5, 0.6) is 0 Å². The summed E-state index contributed by atoms with van der Waals surface area (Å²) in [5.74, 6) is 1.69. The summed E-state index contributed by atoms with van der Waals surface area (Å²) in [4.78, 5) is 4.44. The monoisotopic (exact) mass is 250 g/mol. The minimum atomic E-state index is 0.300. The van der Waals surface area contributed by atoms with Crippen molar-refractivity contribution in [1.82, 2.24) is 14.5 Å². The molecule has 0 amide bonds. The van der Waals surface area contributed by atoms with Crippen molar-refractivity contribution in [1.29, 1.82) is 0 Å². The topological polar surface area (TPSA) is 77.8 Å². The molecule has 1 saturated carbocycles. The van der Waals surface area contributed by atoms with E-state index < -0.39 is 0 Å². The third-order valence-electron chi connectivity index (χ3n) is 3.37. The van der Waals surface area contributed by atoms with E-state index in [1.54, 1.807) is 0 Å². The molecule has 0 bridgehead atoms. The van der Waals surface area contributed by atoms with E-state index in [4.69, 9.17) is 10.3 Å². The normalized spacial score (nSPS) is 21.7. The molecular formula is C11H14N4OS. The molecular weight excluding hydrogens is 236 g/mol. The summed E-state index contributed by atoms with van der Waals surface area (Å²) >= 11 is 1.26. The number of nitrogens with two attached hydrogens (primary N) is 1. The van der Waals surface area contributed by atoms with Crippen molar-refractivity contribution in [2.45, 2.75) is 33.1 Å². The van der Waals surface area contributed by atoms with E-state index in [-0.39, 0.29) is 0 Å². The van der Waals surface area contributed by atoms with Gasteiger partial charge in [-0.3, -0.25) is 0 Å². The zero-order valence-electron chi connectivity index (χ0n) is 10.0. The Morgan fingerprint density at radius 1 is 1.47 bits per heavy atom. The van der Waals surface area contributed by atoms with E-state index in [1.807, 2.05) is 6.92 Å². The number of aryl methyl sites for hydroxylation is 1. The van der Waals surface area contributed by atoms with E-state index in [9.17, 15) is 0 Å². The first-order valence-electron chi connectivity index (χ1n) is 5.55. The highest BCUT2D eigenvalue weighted by Crippen LogP contribution is 2.57. The zero-order chi connectivity index (χ0) is 12.2. The van der Waals surface area contributed by atoms with Crippen LogP contribution in [-0.2, 0) is 0 Å². The van der Waals surface area contributed by atoms with Gasteiger partial charge in [0.15, 0.2) is 5.82 Å². The molecule has 2 aromatic rings. The number of anilines is 1. The lowest BCUT2D eigenvalue weighted by Gasteiger charge is -1.95. The Bertz CT molecular complexity index is 552. The van der Waals surface area contributed by atoms with Crippen molar-refractivity contribution in [2.75, 3.05) is 5.73 Å². The molecule has 6 heteroatoms. The van der Waals surface area contributed by atoms with Gasteiger partial charge in [0, 0.05) is 5.92 Å². The Labute approximate surface area is 103 Å². The first-order chi connectivity index (χ1) is 7.99. The summed E-state index contributed by atoms with van der Waals surface area (Å²) in [7, 11) is 0. The second kappa shape index (κ2) is 3.29. The fourth-order valence-electron chi connectivity index (χ4n) is 2.03. The van der Waals surface area contributed by atoms with E-state index in [1.165, 1.54) is 11.5 Å². The second-order valence-corrected chi connectivity index (χ2v) is 6.02. The van der Waals surface area contributed by atoms with Crippen molar-refractivity contribution < 1.29 is 4.52 Å². The van der Waals surface area contributed by atoms with Crippen molar-refractivity contribution in [3.8, 4) is 11.5 Å². The summed E-state index contributed by atoms with van der Waals surface area (Å²) in [6.45, 7) is 6.31. The number of nitrogen functional groups attached to an aromatic ring is 1. The summed E-state index contributed by atoms with van der Waals surface area (Å²) in [5.41, 5.74) is 7.79. The Kier molecular flexibility index (Phi) is 2.07. The zero-order valence-corrected chi connectivity index (χ0v) is 10.8. The van der Waals surface area contributed by atoms with Gasteiger partial charge in [0.05, 0.1) is 11.3 Å².